The van der Waals surface area contributed by atoms with E-state index in [1.165, 1.54) is 0 Å². The summed E-state index contributed by atoms with van der Waals surface area (Å²) in [5.41, 5.74) is 5.82. The normalized spacial score (nSPS) is 13.2. The first-order chi connectivity index (χ1) is 7.82. The molecule has 0 fully saturated rings. The predicted molar refractivity (Wildman–Crippen MR) is 63.0 cm³/mol. The molecule has 0 aliphatic carbocycles. The summed E-state index contributed by atoms with van der Waals surface area (Å²) in [5, 5.41) is 0. The fourth-order valence-electron chi connectivity index (χ4n) is 1.23. The highest BCUT2D eigenvalue weighted by Gasteiger charge is 2.42. The molecule has 0 saturated carbocycles. The summed E-state index contributed by atoms with van der Waals surface area (Å²) in [6.07, 6.45) is -4.48. The van der Waals surface area contributed by atoms with Crippen molar-refractivity contribution in [2.75, 3.05) is 6.61 Å². The van der Waals surface area contributed by atoms with Crippen LogP contribution in [0.4, 0.5) is 13.2 Å². The Kier molecular flexibility index (Phi) is 4.34. The van der Waals surface area contributed by atoms with E-state index in [9.17, 15) is 13.2 Å². The zero-order valence-corrected chi connectivity index (χ0v) is 9.94. The Morgan fingerprint density at radius 3 is 2.47 bits per heavy atom. The number of para-hydroxylation sites is 1. The Hall–Kier alpha value is -1.30. The summed E-state index contributed by atoms with van der Waals surface area (Å²) in [6.45, 7) is 1.16. The molecule has 0 radical (unpaired) electrons. The van der Waals surface area contributed by atoms with Crippen molar-refractivity contribution in [2.24, 2.45) is 11.7 Å². The SMILES string of the molecule is Cc1ccccc1OCC(C(N)=S)C(F)(F)F. The van der Waals surface area contributed by atoms with Crippen LogP contribution in [0.25, 0.3) is 0 Å². The van der Waals surface area contributed by atoms with Crippen LogP contribution >= 0.6 is 12.2 Å². The highest BCUT2D eigenvalue weighted by Crippen LogP contribution is 2.28. The fraction of sp³-hybridized carbons (Fsp3) is 0.364. The molecule has 1 rings (SSSR count). The Morgan fingerprint density at radius 2 is 2.00 bits per heavy atom. The van der Waals surface area contributed by atoms with Crippen LogP contribution in [-0.2, 0) is 0 Å². The van der Waals surface area contributed by atoms with Gasteiger partial charge in [-0.15, -0.1) is 0 Å². The zero-order chi connectivity index (χ0) is 13.1. The molecule has 0 saturated heterocycles. The third-order valence-electron chi connectivity index (χ3n) is 2.24. The van der Waals surface area contributed by atoms with Gasteiger partial charge in [-0.1, -0.05) is 30.4 Å². The molecule has 1 aromatic rings. The van der Waals surface area contributed by atoms with E-state index in [-0.39, 0.29) is 0 Å². The molecule has 1 unspecified atom stereocenters. The van der Waals surface area contributed by atoms with Crippen molar-refractivity contribution in [1.29, 1.82) is 0 Å². The van der Waals surface area contributed by atoms with Crippen molar-refractivity contribution in [3.05, 3.63) is 29.8 Å². The number of ether oxygens (including phenoxy) is 1. The van der Waals surface area contributed by atoms with Crippen LogP contribution in [0.1, 0.15) is 5.56 Å². The van der Waals surface area contributed by atoms with Gasteiger partial charge in [-0.3, -0.25) is 0 Å². The molecule has 1 atom stereocenters. The van der Waals surface area contributed by atoms with E-state index >= 15 is 0 Å². The lowest BCUT2D eigenvalue weighted by atomic mass is 10.1. The van der Waals surface area contributed by atoms with E-state index < -0.39 is 23.7 Å². The van der Waals surface area contributed by atoms with Gasteiger partial charge < -0.3 is 10.5 Å². The molecule has 0 amide bonds. The molecule has 17 heavy (non-hydrogen) atoms. The second-order valence-corrected chi connectivity index (χ2v) is 4.04. The van der Waals surface area contributed by atoms with E-state index in [0.29, 0.717) is 5.75 Å². The molecular formula is C11H12F3NOS. The summed E-state index contributed by atoms with van der Waals surface area (Å²) in [5.74, 6) is -1.52. The Labute approximate surface area is 103 Å². The van der Waals surface area contributed by atoms with Crippen molar-refractivity contribution in [3.8, 4) is 5.75 Å². The van der Waals surface area contributed by atoms with Gasteiger partial charge in [0.1, 0.15) is 18.3 Å². The minimum Gasteiger partial charge on any atom is -0.492 e. The number of hydrogen-bond donors (Lipinski definition) is 1. The van der Waals surface area contributed by atoms with E-state index in [0.717, 1.165) is 5.56 Å². The largest absolute Gasteiger partial charge is 0.492 e. The molecule has 0 heterocycles. The van der Waals surface area contributed by atoms with Crippen LogP contribution in [0.3, 0.4) is 0 Å². The average molecular weight is 263 g/mol. The molecule has 6 heteroatoms. The van der Waals surface area contributed by atoms with Crippen molar-refractivity contribution < 1.29 is 17.9 Å². The molecule has 0 aliphatic rings. The lowest BCUT2D eigenvalue weighted by Crippen LogP contribution is -2.38. The fourth-order valence-corrected chi connectivity index (χ4v) is 1.43. The van der Waals surface area contributed by atoms with E-state index in [2.05, 4.69) is 12.2 Å². The molecule has 2 N–H and O–H groups in total. The lowest BCUT2D eigenvalue weighted by Gasteiger charge is -2.19. The van der Waals surface area contributed by atoms with Gasteiger partial charge in [-0.25, -0.2) is 0 Å². The van der Waals surface area contributed by atoms with Gasteiger partial charge in [-0.2, -0.15) is 13.2 Å². The second kappa shape index (κ2) is 5.35. The maximum Gasteiger partial charge on any atom is 0.401 e. The van der Waals surface area contributed by atoms with Gasteiger partial charge in [0, 0.05) is 0 Å². The highest BCUT2D eigenvalue weighted by atomic mass is 32.1. The molecule has 0 aromatic heterocycles. The van der Waals surface area contributed by atoms with E-state index in [4.69, 9.17) is 10.5 Å². The van der Waals surface area contributed by atoms with Crippen molar-refractivity contribution in [2.45, 2.75) is 13.1 Å². The molecule has 0 aliphatic heterocycles. The number of benzene rings is 1. The maximum absolute atomic E-state index is 12.5. The lowest BCUT2D eigenvalue weighted by molar-refractivity contribution is -0.161. The highest BCUT2D eigenvalue weighted by molar-refractivity contribution is 7.80. The van der Waals surface area contributed by atoms with Crippen molar-refractivity contribution in [3.63, 3.8) is 0 Å². The van der Waals surface area contributed by atoms with Crippen molar-refractivity contribution >= 4 is 17.2 Å². The van der Waals surface area contributed by atoms with Crippen LogP contribution in [-0.4, -0.2) is 17.8 Å². The molecule has 0 spiro atoms. The smallest absolute Gasteiger partial charge is 0.401 e. The number of halogens is 3. The molecular weight excluding hydrogens is 251 g/mol. The number of alkyl halides is 3. The van der Waals surface area contributed by atoms with Gasteiger partial charge >= 0.3 is 6.18 Å². The van der Waals surface area contributed by atoms with Gasteiger partial charge in [-0.05, 0) is 18.6 Å². The van der Waals surface area contributed by atoms with E-state index in [1.54, 1.807) is 31.2 Å². The first-order valence-corrected chi connectivity index (χ1v) is 5.27. The van der Waals surface area contributed by atoms with Crippen LogP contribution in [0, 0.1) is 12.8 Å². The van der Waals surface area contributed by atoms with Gasteiger partial charge in [0.25, 0.3) is 0 Å². The number of rotatable bonds is 4. The van der Waals surface area contributed by atoms with Gasteiger partial charge in [0.05, 0.1) is 4.99 Å². The first-order valence-electron chi connectivity index (χ1n) is 4.87. The zero-order valence-electron chi connectivity index (χ0n) is 9.12. The number of aryl methyl sites for hydroxylation is 1. The predicted octanol–water partition coefficient (Wildman–Crippen LogP) is 2.84. The second-order valence-electron chi connectivity index (χ2n) is 3.57. The van der Waals surface area contributed by atoms with Crippen molar-refractivity contribution in [1.82, 2.24) is 0 Å². The molecule has 2 nitrogen and oxygen atoms in total. The summed E-state index contributed by atoms with van der Waals surface area (Å²) in [4.78, 5) is -0.605. The Morgan fingerprint density at radius 1 is 1.41 bits per heavy atom. The molecule has 94 valence electrons. The number of nitrogens with two attached hydrogens (primary N) is 1. The number of hydrogen-bond acceptors (Lipinski definition) is 2. The topological polar surface area (TPSA) is 35.2 Å². The van der Waals surface area contributed by atoms with Crippen LogP contribution in [0.2, 0.25) is 0 Å². The third-order valence-corrected chi connectivity index (χ3v) is 2.52. The van der Waals surface area contributed by atoms with E-state index in [1.807, 2.05) is 0 Å². The maximum atomic E-state index is 12.5. The Balaban J connectivity index is 2.72. The number of thiocarbonyl (C=S) groups is 1. The standard InChI is InChI=1S/C11H12F3NOS/c1-7-4-2-3-5-9(7)16-6-8(10(15)17)11(12,13)14/h2-5,8H,6H2,1H3,(H2,15,17). The first kappa shape index (κ1) is 13.8. The van der Waals surface area contributed by atoms with Crippen LogP contribution < -0.4 is 10.5 Å². The average Bonchev–Trinajstić information content (AvgIpc) is 2.18. The van der Waals surface area contributed by atoms with Crippen LogP contribution in [0.5, 0.6) is 5.75 Å². The van der Waals surface area contributed by atoms with Gasteiger partial charge in [0.2, 0.25) is 0 Å². The minimum atomic E-state index is -4.48. The molecule has 0 bridgehead atoms. The summed E-state index contributed by atoms with van der Waals surface area (Å²) in [7, 11) is 0. The summed E-state index contributed by atoms with van der Waals surface area (Å²) >= 11 is 4.39. The molecule has 1 aromatic carbocycles. The quantitative estimate of drug-likeness (QED) is 0.848. The van der Waals surface area contributed by atoms with Gasteiger partial charge in [0.15, 0.2) is 0 Å². The summed E-state index contributed by atoms with van der Waals surface area (Å²) in [6, 6.07) is 6.81. The van der Waals surface area contributed by atoms with Crippen LogP contribution in [0.15, 0.2) is 24.3 Å². The monoisotopic (exact) mass is 263 g/mol. The summed E-state index contributed by atoms with van der Waals surface area (Å²) < 4.78 is 42.7. The Bertz CT molecular complexity index is 406. The third kappa shape index (κ3) is 3.89. The minimum absolute atomic E-state index is 0.401.